The molecule has 0 atom stereocenters. The van der Waals surface area contributed by atoms with Crippen LogP contribution in [-0.4, -0.2) is 9.97 Å². The van der Waals surface area contributed by atoms with E-state index < -0.39 is 5.82 Å². The fraction of sp³-hybridized carbons (Fsp3) is 0.200. The molecule has 78 valence electrons. The Hall–Kier alpha value is -1.42. The van der Waals surface area contributed by atoms with Gasteiger partial charge in [-0.1, -0.05) is 18.5 Å². The third kappa shape index (κ3) is 1.72. The fourth-order valence-electron chi connectivity index (χ4n) is 1.39. The molecule has 1 aromatic carbocycles. The zero-order valence-corrected chi connectivity index (χ0v) is 8.85. The average molecular weight is 226 g/mol. The quantitative estimate of drug-likeness (QED) is 0.812. The number of aromatic nitrogens is 2. The lowest BCUT2D eigenvalue weighted by atomic mass is 10.2. The summed E-state index contributed by atoms with van der Waals surface area (Å²) in [5, 5.41) is 0.747. The smallest absolute Gasteiger partial charge is 0.151 e. The normalized spacial score (nSPS) is 10.9. The highest BCUT2D eigenvalue weighted by Crippen LogP contribution is 2.24. The Labute approximate surface area is 91.1 Å². The van der Waals surface area contributed by atoms with Crippen LogP contribution in [0.5, 0.6) is 0 Å². The number of aryl methyl sites for hydroxylation is 1. The maximum Gasteiger partial charge on any atom is 0.151 e. The Morgan fingerprint density at radius 2 is 2.13 bits per heavy atom. The maximum atomic E-state index is 13.5. The van der Waals surface area contributed by atoms with Crippen LogP contribution < -0.4 is 5.73 Å². The number of nitrogen functional groups attached to an aromatic ring is 1. The molecule has 0 saturated heterocycles. The van der Waals surface area contributed by atoms with Gasteiger partial charge in [0.05, 0.1) is 0 Å². The molecule has 5 heteroatoms. The van der Waals surface area contributed by atoms with Crippen molar-refractivity contribution in [3.63, 3.8) is 0 Å². The molecule has 0 unspecified atom stereocenters. The summed E-state index contributed by atoms with van der Waals surface area (Å²) >= 11 is 5.72. The van der Waals surface area contributed by atoms with E-state index in [2.05, 4.69) is 9.97 Å². The monoisotopic (exact) mass is 225 g/mol. The van der Waals surface area contributed by atoms with E-state index >= 15 is 0 Å². The van der Waals surface area contributed by atoms with Crippen molar-refractivity contribution in [3.05, 3.63) is 28.8 Å². The average Bonchev–Trinajstić information content (AvgIpc) is 2.19. The predicted molar refractivity (Wildman–Crippen MR) is 58.3 cm³/mol. The van der Waals surface area contributed by atoms with E-state index in [9.17, 15) is 4.39 Å². The van der Waals surface area contributed by atoms with Gasteiger partial charge in [0.2, 0.25) is 0 Å². The number of anilines is 1. The van der Waals surface area contributed by atoms with E-state index in [0.717, 1.165) is 0 Å². The second kappa shape index (κ2) is 3.62. The second-order valence-electron chi connectivity index (χ2n) is 3.16. The third-order valence-corrected chi connectivity index (χ3v) is 2.33. The number of rotatable bonds is 1. The summed E-state index contributed by atoms with van der Waals surface area (Å²) in [5.74, 6) is 0.320. The molecule has 2 N–H and O–H groups in total. The van der Waals surface area contributed by atoms with Gasteiger partial charge in [-0.3, -0.25) is 0 Å². The molecule has 0 saturated carbocycles. The number of nitrogens with zero attached hydrogens (tertiary/aromatic N) is 2. The number of halogens is 2. The van der Waals surface area contributed by atoms with Crippen molar-refractivity contribution in [2.75, 3.05) is 5.73 Å². The summed E-state index contributed by atoms with van der Waals surface area (Å²) in [6.45, 7) is 1.88. The number of fused-ring (bicyclic) bond motifs is 1. The summed E-state index contributed by atoms with van der Waals surface area (Å²) in [6, 6.07) is 2.78. The Morgan fingerprint density at radius 3 is 2.80 bits per heavy atom. The van der Waals surface area contributed by atoms with E-state index in [4.69, 9.17) is 17.3 Å². The first kappa shape index (κ1) is 10.1. The van der Waals surface area contributed by atoms with Crippen LogP contribution in [0.25, 0.3) is 10.9 Å². The Kier molecular flexibility index (Phi) is 2.44. The minimum Gasteiger partial charge on any atom is -0.383 e. The summed E-state index contributed by atoms with van der Waals surface area (Å²) in [4.78, 5) is 8.11. The minimum absolute atomic E-state index is 0.226. The number of hydrogen-bond donors (Lipinski definition) is 1. The fourth-order valence-corrected chi connectivity index (χ4v) is 1.59. The van der Waals surface area contributed by atoms with Gasteiger partial charge in [0.1, 0.15) is 17.2 Å². The summed E-state index contributed by atoms with van der Waals surface area (Å²) in [6.07, 6.45) is 0.613. The third-order valence-electron chi connectivity index (χ3n) is 2.11. The number of nitrogens with two attached hydrogens (primary N) is 1. The van der Waals surface area contributed by atoms with Gasteiger partial charge < -0.3 is 5.73 Å². The van der Waals surface area contributed by atoms with Crippen molar-refractivity contribution in [1.82, 2.24) is 9.97 Å². The van der Waals surface area contributed by atoms with Crippen molar-refractivity contribution in [2.24, 2.45) is 0 Å². The van der Waals surface area contributed by atoms with Crippen LogP contribution in [0.15, 0.2) is 12.1 Å². The molecule has 0 radical (unpaired) electrons. The van der Waals surface area contributed by atoms with Crippen molar-refractivity contribution in [3.8, 4) is 0 Å². The molecule has 0 aliphatic heterocycles. The van der Waals surface area contributed by atoms with E-state index in [0.29, 0.717) is 22.7 Å². The van der Waals surface area contributed by atoms with Crippen molar-refractivity contribution in [1.29, 1.82) is 0 Å². The van der Waals surface area contributed by atoms with Crippen molar-refractivity contribution in [2.45, 2.75) is 13.3 Å². The molecular weight excluding hydrogens is 217 g/mol. The molecule has 0 bridgehead atoms. The zero-order valence-electron chi connectivity index (χ0n) is 8.09. The lowest BCUT2D eigenvalue weighted by Gasteiger charge is -2.05. The molecule has 0 fully saturated rings. The first-order chi connectivity index (χ1) is 7.11. The molecule has 1 heterocycles. The van der Waals surface area contributed by atoms with Gasteiger partial charge in [0, 0.05) is 16.8 Å². The van der Waals surface area contributed by atoms with Gasteiger partial charge in [-0.15, -0.1) is 0 Å². The topological polar surface area (TPSA) is 51.8 Å². The van der Waals surface area contributed by atoms with E-state index in [1.807, 2.05) is 6.92 Å². The number of hydrogen-bond acceptors (Lipinski definition) is 3. The lowest BCUT2D eigenvalue weighted by molar-refractivity contribution is 0.636. The van der Waals surface area contributed by atoms with Crippen LogP contribution in [0.2, 0.25) is 5.02 Å². The SMILES string of the molecule is CCc1nc(N)c2cc(Cl)cc(F)c2n1. The van der Waals surface area contributed by atoms with Crippen LogP contribution in [0.1, 0.15) is 12.7 Å². The Bertz CT molecular complexity index is 528. The van der Waals surface area contributed by atoms with E-state index in [-0.39, 0.29) is 11.3 Å². The zero-order chi connectivity index (χ0) is 11.0. The Morgan fingerprint density at radius 1 is 1.40 bits per heavy atom. The lowest BCUT2D eigenvalue weighted by Crippen LogP contribution is -2.01. The highest BCUT2D eigenvalue weighted by molar-refractivity contribution is 6.31. The summed E-state index contributed by atoms with van der Waals surface area (Å²) in [5.41, 5.74) is 5.92. The summed E-state index contributed by atoms with van der Waals surface area (Å²) < 4.78 is 13.5. The van der Waals surface area contributed by atoms with E-state index in [1.165, 1.54) is 6.07 Å². The molecule has 1 aromatic heterocycles. The molecule has 2 rings (SSSR count). The molecular formula is C10H9ClFN3. The molecule has 2 aromatic rings. The summed E-state index contributed by atoms with van der Waals surface area (Å²) in [7, 11) is 0. The highest BCUT2D eigenvalue weighted by Gasteiger charge is 2.09. The minimum atomic E-state index is -0.471. The van der Waals surface area contributed by atoms with Crippen LogP contribution in [0.3, 0.4) is 0 Å². The van der Waals surface area contributed by atoms with Gasteiger partial charge >= 0.3 is 0 Å². The largest absolute Gasteiger partial charge is 0.383 e. The van der Waals surface area contributed by atoms with Crippen molar-refractivity contribution < 1.29 is 4.39 Å². The van der Waals surface area contributed by atoms with Gasteiger partial charge in [0.15, 0.2) is 5.82 Å². The molecule has 0 amide bonds. The molecule has 15 heavy (non-hydrogen) atoms. The Balaban J connectivity index is 2.85. The molecule has 0 aliphatic carbocycles. The number of benzene rings is 1. The van der Waals surface area contributed by atoms with Gasteiger partial charge in [0.25, 0.3) is 0 Å². The van der Waals surface area contributed by atoms with Gasteiger partial charge in [-0.2, -0.15) is 0 Å². The van der Waals surface area contributed by atoms with Crippen molar-refractivity contribution >= 4 is 28.3 Å². The van der Waals surface area contributed by atoms with Crippen LogP contribution in [0, 0.1) is 5.82 Å². The second-order valence-corrected chi connectivity index (χ2v) is 3.60. The maximum absolute atomic E-state index is 13.5. The highest BCUT2D eigenvalue weighted by atomic mass is 35.5. The van der Waals surface area contributed by atoms with Crippen LogP contribution in [-0.2, 0) is 6.42 Å². The van der Waals surface area contributed by atoms with Gasteiger partial charge in [-0.05, 0) is 12.1 Å². The first-order valence-corrected chi connectivity index (χ1v) is 4.90. The standard InChI is InChI=1S/C10H9ClFN3/c1-2-8-14-9-6(10(13)15-8)3-5(11)4-7(9)12/h3-4H,2H2,1H3,(H2,13,14,15). The van der Waals surface area contributed by atoms with Crippen LogP contribution >= 0.6 is 11.6 Å². The first-order valence-electron chi connectivity index (χ1n) is 4.53. The predicted octanol–water partition coefficient (Wildman–Crippen LogP) is 2.57. The van der Waals surface area contributed by atoms with Crippen LogP contribution in [0.4, 0.5) is 10.2 Å². The van der Waals surface area contributed by atoms with E-state index in [1.54, 1.807) is 6.07 Å². The molecule has 3 nitrogen and oxygen atoms in total. The molecule has 0 aliphatic rings. The molecule has 0 spiro atoms. The van der Waals surface area contributed by atoms with Gasteiger partial charge in [-0.25, -0.2) is 14.4 Å².